The molecule has 0 saturated carbocycles. The minimum Gasteiger partial charge on any atom is -0.436 e. The SMILES string of the molecule is C1=CC(n2c3ccccc3c3c(-c4nc5c(nc4-n4c6ccccc6c6cc7ccccc7cc64)oc4cc(-c6ccccc6)ccc45)cccc32)=CCC1. The van der Waals surface area contributed by atoms with Gasteiger partial charge < -0.3 is 8.98 Å². The van der Waals surface area contributed by atoms with Crippen molar-refractivity contribution in [3.8, 4) is 28.2 Å². The minimum absolute atomic E-state index is 0.512. The fraction of sp³-hybridized carbons (Fsp3) is 0.0400. The zero-order valence-corrected chi connectivity index (χ0v) is 29.8. The molecule has 0 N–H and O–H groups in total. The number of para-hydroxylation sites is 2. The van der Waals surface area contributed by atoms with Crippen molar-refractivity contribution >= 4 is 82.3 Å². The Kier molecular flexibility index (Phi) is 6.39. The molecule has 0 aliphatic heterocycles. The molecule has 4 heterocycles. The van der Waals surface area contributed by atoms with E-state index in [1.54, 1.807) is 0 Å². The molecule has 0 unspecified atom stereocenters. The highest BCUT2D eigenvalue weighted by molar-refractivity contribution is 6.18. The van der Waals surface area contributed by atoms with E-state index >= 15 is 0 Å². The van der Waals surface area contributed by atoms with Gasteiger partial charge in [0.05, 0.1) is 22.1 Å². The lowest BCUT2D eigenvalue weighted by Crippen LogP contribution is -2.03. The maximum atomic E-state index is 6.67. The summed E-state index contributed by atoms with van der Waals surface area (Å²) in [7, 11) is 0. The Hall–Kier alpha value is -7.24. The van der Waals surface area contributed by atoms with Gasteiger partial charge in [-0.15, -0.1) is 0 Å². The quantitative estimate of drug-likeness (QED) is 0.183. The van der Waals surface area contributed by atoms with Gasteiger partial charge in [-0.3, -0.25) is 4.57 Å². The molecule has 0 spiro atoms. The van der Waals surface area contributed by atoms with E-state index in [0.717, 1.165) is 79.5 Å². The van der Waals surface area contributed by atoms with Crippen LogP contribution >= 0.6 is 0 Å². The average Bonchev–Trinajstić information content (AvgIpc) is 3.89. The third kappa shape index (κ3) is 4.47. The molecule has 55 heavy (non-hydrogen) atoms. The predicted molar refractivity (Wildman–Crippen MR) is 228 cm³/mol. The van der Waals surface area contributed by atoms with Gasteiger partial charge in [-0.2, -0.15) is 4.98 Å². The maximum Gasteiger partial charge on any atom is 0.248 e. The first-order valence-corrected chi connectivity index (χ1v) is 18.9. The molecule has 0 radical (unpaired) electrons. The number of rotatable bonds is 4. The van der Waals surface area contributed by atoms with Crippen molar-refractivity contribution in [2.75, 3.05) is 0 Å². The molecule has 7 aromatic carbocycles. The highest BCUT2D eigenvalue weighted by atomic mass is 16.3. The fourth-order valence-corrected chi connectivity index (χ4v) is 8.86. The molecule has 4 aromatic heterocycles. The third-order valence-corrected chi connectivity index (χ3v) is 11.3. The van der Waals surface area contributed by atoms with E-state index in [1.165, 1.54) is 38.1 Å². The lowest BCUT2D eigenvalue weighted by molar-refractivity contribution is 0.652. The van der Waals surface area contributed by atoms with E-state index in [9.17, 15) is 0 Å². The number of aromatic nitrogens is 4. The van der Waals surface area contributed by atoms with Crippen LogP contribution < -0.4 is 0 Å². The summed E-state index contributed by atoms with van der Waals surface area (Å²) in [6, 6.07) is 53.9. The van der Waals surface area contributed by atoms with E-state index in [1.807, 2.05) is 6.07 Å². The number of hydrogen-bond acceptors (Lipinski definition) is 3. The van der Waals surface area contributed by atoms with Gasteiger partial charge in [0.25, 0.3) is 0 Å². The largest absolute Gasteiger partial charge is 0.436 e. The summed E-state index contributed by atoms with van der Waals surface area (Å²) < 4.78 is 11.4. The number of fused-ring (bicyclic) bond motifs is 10. The van der Waals surface area contributed by atoms with E-state index in [-0.39, 0.29) is 0 Å². The normalized spacial score (nSPS) is 13.3. The third-order valence-electron chi connectivity index (χ3n) is 11.3. The number of benzene rings is 7. The van der Waals surface area contributed by atoms with Crippen molar-refractivity contribution in [2.45, 2.75) is 12.8 Å². The summed E-state index contributed by atoms with van der Waals surface area (Å²) in [6.45, 7) is 0. The smallest absolute Gasteiger partial charge is 0.248 e. The zero-order chi connectivity index (χ0) is 36.0. The first-order valence-electron chi connectivity index (χ1n) is 18.9. The van der Waals surface area contributed by atoms with Gasteiger partial charge in [0.2, 0.25) is 5.71 Å². The van der Waals surface area contributed by atoms with Crippen LogP contribution in [0, 0.1) is 0 Å². The topological polar surface area (TPSA) is 48.8 Å². The molecule has 1 aliphatic carbocycles. The van der Waals surface area contributed by atoms with Crippen LogP contribution in [0.5, 0.6) is 0 Å². The van der Waals surface area contributed by atoms with Crippen LogP contribution in [0.15, 0.2) is 174 Å². The maximum absolute atomic E-state index is 6.67. The van der Waals surface area contributed by atoms with E-state index in [2.05, 4.69) is 173 Å². The monoisotopic (exact) mass is 704 g/mol. The Balaban J connectivity index is 1.22. The predicted octanol–water partition coefficient (Wildman–Crippen LogP) is 13.3. The zero-order valence-electron chi connectivity index (χ0n) is 29.8. The molecule has 11 aromatic rings. The van der Waals surface area contributed by atoms with Crippen molar-refractivity contribution in [2.24, 2.45) is 0 Å². The van der Waals surface area contributed by atoms with Crippen molar-refractivity contribution in [3.05, 3.63) is 170 Å². The number of furan rings is 1. The van der Waals surface area contributed by atoms with E-state index in [0.29, 0.717) is 5.71 Å². The molecule has 5 heteroatoms. The summed E-state index contributed by atoms with van der Waals surface area (Å²) in [5.41, 5.74) is 11.7. The minimum atomic E-state index is 0.512. The molecule has 1 aliphatic rings. The average molecular weight is 705 g/mol. The molecule has 0 atom stereocenters. The summed E-state index contributed by atoms with van der Waals surface area (Å²) >= 11 is 0. The van der Waals surface area contributed by atoms with Gasteiger partial charge >= 0.3 is 0 Å². The Bertz CT molecular complexity index is 3430. The Morgan fingerprint density at radius 2 is 1.25 bits per heavy atom. The molecule has 0 fully saturated rings. The van der Waals surface area contributed by atoms with Crippen LogP contribution in [0.4, 0.5) is 0 Å². The number of hydrogen-bond donors (Lipinski definition) is 0. The lowest BCUT2D eigenvalue weighted by atomic mass is 10.0. The standard InChI is InChI=1S/C50H32N4O/c1-3-14-31(15-4-1)34-26-27-38-45(30-34)55-50-48(38)51-47(39-22-13-25-43-46(39)37-21-10-12-24-42(37)53(43)35-18-5-2-6-19-35)49(52-50)54-41-23-11-9-20-36(41)40-28-32-16-7-8-17-33(32)29-44(40)54/h1,3-5,7-30H,2,6H2. The van der Waals surface area contributed by atoms with Gasteiger partial charge in [0.15, 0.2) is 5.82 Å². The van der Waals surface area contributed by atoms with Crippen LogP contribution in [-0.2, 0) is 0 Å². The highest BCUT2D eigenvalue weighted by Gasteiger charge is 2.25. The first-order chi connectivity index (χ1) is 27.3. The van der Waals surface area contributed by atoms with E-state index in [4.69, 9.17) is 14.4 Å². The van der Waals surface area contributed by atoms with E-state index < -0.39 is 0 Å². The van der Waals surface area contributed by atoms with Gasteiger partial charge in [-0.25, -0.2) is 4.98 Å². The van der Waals surface area contributed by atoms with Gasteiger partial charge in [0, 0.05) is 38.2 Å². The van der Waals surface area contributed by atoms with Crippen molar-refractivity contribution in [1.29, 1.82) is 0 Å². The lowest BCUT2D eigenvalue weighted by Gasteiger charge is -2.14. The van der Waals surface area contributed by atoms with Crippen LogP contribution in [0.1, 0.15) is 12.8 Å². The van der Waals surface area contributed by atoms with Crippen LogP contribution in [0.25, 0.3) is 110 Å². The number of allylic oxidation sites excluding steroid dienone is 4. The summed E-state index contributed by atoms with van der Waals surface area (Å²) in [5, 5.41) is 7.98. The highest BCUT2D eigenvalue weighted by Crippen LogP contribution is 2.43. The molecule has 0 bridgehead atoms. The number of nitrogens with zero attached hydrogens (tertiary/aromatic N) is 4. The summed E-state index contributed by atoms with van der Waals surface area (Å²) in [4.78, 5) is 11.1. The van der Waals surface area contributed by atoms with Crippen molar-refractivity contribution in [3.63, 3.8) is 0 Å². The Morgan fingerprint density at radius 3 is 2.09 bits per heavy atom. The second kappa shape index (κ2) is 11.6. The molecule has 0 amide bonds. The van der Waals surface area contributed by atoms with Crippen LogP contribution in [-0.4, -0.2) is 19.1 Å². The van der Waals surface area contributed by atoms with Gasteiger partial charge in [0.1, 0.15) is 16.8 Å². The van der Waals surface area contributed by atoms with Gasteiger partial charge in [-0.05, 0) is 83.3 Å². The fourth-order valence-electron chi connectivity index (χ4n) is 8.86. The van der Waals surface area contributed by atoms with Crippen molar-refractivity contribution < 1.29 is 4.42 Å². The first kappa shape index (κ1) is 30.2. The van der Waals surface area contributed by atoms with Crippen LogP contribution in [0.3, 0.4) is 0 Å². The molecule has 5 nitrogen and oxygen atoms in total. The van der Waals surface area contributed by atoms with Gasteiger partial charge in [-0.1, -0.05) is 121 Å². The van der Waals surface area contributed by atoms with Crippen molar-refractivity contribution in [1.82, 2.24) is 19.1 Å². The second-order valence-corrected chi connectivity index (χ2v) is 14.5. The Morgan fingerprint density at radius 1 is 0.509 bits per heavy atom. The Labute approximate surface area is 315 Å². The second-order valence-electron chi connectivity index (χ2n) is 14.5. The molecule has 12 rings (SSSR count). The summed E-state index contributed by atoms with van der Waals surface area (Å²) in [6.07, 6.45) is 8.96. The summed E-state index contributed by atoms with van der Waals surface area (Å²) in [5.74, 6) is 0.734. The molecule has 258 valence electrons. The van der Waals surface area contributed by atoms with Crippen LogP contribution in [0.2, 0.25) is 0 Å². The molecular formula is C50H32N4O. The molecular weight excluding hydrogens is 673 g/mol. The molecule has 0 saturated heterocycles.